The summed E-state index contributed by atoms with van der Waals surface area (Å²) in [6.07, 6.45) is 16.6. The minimum Gasteiger partial charge on any atom is -0.459 e. The van der Waals surface area contributed by atoms with Gasteiger partial charge in [-0.25, -0.2) is 9.18 Å². The Morgan fingerprint density at radius 2 is 1.55 bits per heavy atom. The van der Waals surface area contributed by atoms with E-state index in [2.05, 4.69) is 68.4 Å². The first-order chi connectivity index (χ1) is 20.5. The Hall–Kier alpha value is -3.20. The van der Waals surface area contributed by atoms with Crippen molar-refractivity contribution in [2.45, 2.75) is 102 Å². The van der Waals surface area contributed by atoms with Crippen LogP contribution < -0.4 is 0 Å². The molecular weight excluding hydrogens is 519 g/mol. The van der Waals surface area contributed by atoms with Crippen molar-refractivity contribution in [1.82, 2.24) is 0 Å². The maximum atomic E-state index is 14.9. The smallest absolute Gasteiger partial charge is 0.338 e. The molecule has 2 aliphatic rings. The standard InChI is InChI=1S/C39H47FO2/c1-3-7-29-15-24-37(25-16-29)42-39(41)36-23-22-35(38(40)27-36)21-12-30-10-17-33(18-11-30)34-19-13-31(14-20-34)26-28(2)32-8-5-4-6-9-32/h4-6,8-12,17-18,21-23,27-29,31,34,37H,3,7,13-16,19-20,24-26H2,1-2H3/t28-,29?,31?,34?,37?/m1/s1. The molecule has 0 unspecified atom stereocenters. The zero-order valence-corrected chi connectivity index (χ0v) is 25.4. The Bertz CT molecular complexity index is 1300. The molecule has 1 atom stereocenters. The van der Waals surface area contributed by atoms with Gasteiger partial charge in [-0.15, -0.1) is 0 Å². The van der Waals surface area contributed by atoms with E-state index >= 15 is 0 Å². The third-order valence-corrected chi connectivity index (χ3v) is 9.77. The summed E-state index contributed by atoms with van der Waals surface area (Å²) >= 11 is 0. The summed E-state index contributed by atoms with van der Waals surface area (Å²) in [5.41, 5.74) is 4.67. The normalized spacial score (nSPS) is 23.5. The van der Waals surface area contributed by atoms with Crippen LogP contribution in [0, 0.1) is 17.7 Å². The number of rotatable bonds is 10. The molecule has 2 nitrogen and oxygen atoms in total. The minimum absolute atomic E-state index is 0.0467. The number of hydrogen-bond acceptors (Lipinski definition) is 2. The number of esters is 1. The maximum Gasteiger partial charge on any atom is 0.338 e. The van der Waals surface area contributed by atoms with Crippen LogP contribution in [0.25, 0.3) is 12.2 Å². The lowest BCUT2D eigenvalue weighted by Gasteiger charge is -2.30. The number of carbonyl (C=O) groups excluding carboxylic acids is 1. The monoisotopic (exact) mass is 566 g/mol. The fourth-order valence-corrected chi connectivity index (χ4v) is 7.17. The summed E-state index contributed by atoms with van der Waals surface area (Å²) in [5.74, 6) is 1.99. The first-order valence-electron chi connectivity index (χ1n) is 16.3. The fourth-order valence-electron chi connectivity index (χ4n) is 7.17. The molecule has 5 rings (SSSR count). The van der Waals surface area contributed by atoms with Crippen molar-refractivity contribution < 1.29 is 13.9 Å². The molecule has 0 heterocycles. The second-order valence-electron chi connectivity index (χ2n) is 12.8. The van der Waals surface area contributed by atoms with Gasteiger partial charge in [-0.3, -0.25) is 0 Å². The van der Waals surface area contributed by atoms with Gasteiger partial charge in [0.25, 0.3) is 0 Å². The highest BCUT2D eigenvalue weighted by Gasteiger charge is 2.25. The van der Waals surface area contributed by atoms with Crippen LogP contribution in [0.5, 0.6) is 0 Å². The molecule has 0 radical (unpaired) electrons. The molecule has 222 valence electrons. The molecule has 42 heavy (non-hydrogen) atoms. The van der Waals surface area contributed by atoms with E-state index in [4.69, 9.17) is 4.74 Å². The second-order valence-corrected chi connectivity index (χ2v) is 12.8. The lowest BCUT2D eigenvalue weighted by Crippen LogP contribution is -2.24. The summed E-state index contributed by atoms with van der Waals surface area (Å²) in [7, 11) is 0. The molecule has 2 fully saturated rings. The largest absolute Gasteiger partial charge is 0.459 e. The summed E-state index contributed by atoms with van der Waals surface area (Å²) in [5, 5.41) is 0. The van der Waals surface area contributed by atoms with Gasteiger partial charge >= 0.3 is 5.97 Å². The molecule has 0 N–H and O–H groups in total. The highest BCUT2D eigenvalue weighted by molar-refractivity contribution is 5.90. The zero-order valence-electron chi connectivity index (χ0n) is 25.4. The topological polar surface area (TPSA) is 26.3 Å². The predicted octanol–water partition coefficient (Wildman–Crippen LogP) is 11.0. The number of ether oxygens (including phenoxy) is 1. The molecule has 0 saturated heterocycles. The summed E-state index contributed by atoms with van der Waals surface area (Å²) in [6, 6.07) is 24.3. The molecule has 3 aromatic carbocycles. The highest BCUT2D eigenvalue weighted by Crippen LogP contribution is 2.40. The van der Waals surface area contributed by atoms with Crippen molar-refractivity contribution in [3.8, 4) is 0 Å². The van der Waals surface area contributed by atoms with Crippen molar-refractivity contribution in [3.63, 3.8) is 0 Å². The van der Waals surface area contributed by atoms with Crippen LogP contribution in [0.4, 0.5) is 4.39 Å². The maximum absolute atomic E-state index is 14.9. The molecule has 0 aromatic heterocycles. The van der Waals surface area contributed by atoms with E-state index in [1.54, 1.807) is 18.2 Å². The Labute approximate surface area is 252 Å². The van der Waals surface area contributed by atoms with Gasteiger partial charge < -0.3 is 4.74 Å². The third-order valence-electron chi connectivity index (χ3n) is 9.77. The van der Waals surface area contributed by atoms with Crippen LogP contribution in [-0.2, 0) is 4.74 Å². The van der Waals surface area contributed by atoms with Crippen molar-refractivity contribution in [3.05, 3.63) is 106 Å². The van der Waals surface area contributed by atoms with E-state index in [0.29, 0.717) is 17.4 Å². The van der Waals surface area contributed by atoms with Gasteiger partial charge in [-0.1, -0.05) is 99.5 Å². The van der Waals surface area contributed by atoms with Crippen LogP contribution in [0.15, 0.2) is 72.8 Å². The Balaban J connectivity index is 1.09. The van der Waals surface area contributed by atoms with Gasteiger partial charge in [0.2, 0.25) is 0 Å². The number of hydrogen-bond donors (Lipinski definition) is 0. The van der Waals surface area contributed by atoms with Crippen molar-refractivity contribution in [2.75, 3.05) is 0 Å². The van der Waals surface area contributed by atoms with Crippen LogP contribution in [0.1, 0.15) is 129 Å². The van der Waals surface area contributed by atoms with E-state index in [0.717, 1.165) is 43.1 Å². The predicted molar refractivity (Wildman–Crippen MR) is 172 cm³/mol. The SMILES string of the molecule is CCCC1CCC(OC(=O)c2ccc(C=Cc3ccc(C4CCC(C[C@@H](C)c5ccccc5)CC4)cc3)c(F)c2)CC1. The molecule has 2 aliphatic carbocycles. The molecule has 0 aliphatic heterocycles. The Morgan fingerprint density at radius 3 is 2.21 bits per heavy atom. The molecule has 0 bridgehead atoms. The molecule has 0 spiro atoms. The van der Waals surface area contributed by atoms with E-state index in [1.165, 1.54) is 62.1 Å². The summed E-state index contributed by atoms with van der Waals surface area (Å²) < 4.78 is 20.6. The average Bonchev–Trinajstić information content (AvgIpc) is 3.02. The summed E-state index contributed by atoms with van der Waals surface area (Å²) in [6.45, 7) is 4.58. The first-order valence-corrected chi connectivity index (χ1v) is 16.3. The lowest BCUT2D eigenvalue weighted by molar-refractivity contribution is 0.0161. The van der Waals surface area contributed by atoms with E-state index in [-0.39, 0.29) is 11.7 Å². The quantitative estimate of drug-likeness (QED) is 0.180. The van der Waals surface area contributed by atoms with Crippen LogP contribution in [0.2, 0.25) is 0 Å². The van der Waals surface area contributed by atoms with Crippen LogP contribution in [-0.4, -0.2) is 12.1 Å². The number of carbonyl (C=O) groups is 1. The molecule has 3 heteroatoms. The van der Waals surface area contributed by atoms with Crippen molar-refractivity contribution >= 4 is 18.1 Å². The van der Waals surface area contributed by atoms with Gasteiger partial charge in [-0.2, -0.15) is 0 Å². The molecule has 2 saturated carbocycles. The van der Waals surface area contributed by atoms with E-state index in [1.807, 2.05) is 6.08 Å². The van der Waals surface area contributed by atoms with E-state index < -0.39 is 11.8 Å². The zero-order chi connectivity index (χ0) is 29.3. The fraction of sp³-hybridized carbons (Fsp3) is 0.462. The lowest BCUT2D eigenvalue weighted by atomic mass is 9.75. The number of benzene rings is 3. The Kier molecular flexibility index (Phi) is 10.7. The third kappa shape index (κ3) is 8.21. The van der Waals surface area contributed by atoms with Gasteiger partial charge in [0.15, 0.2) is 0 Å². The Morgan fingerprint density at radius 1 is 0.857 bits per heavy atom. The second kappa shape index (κ2) is 14.8. The summed E-state index contributed by atoms with van der Waals surface area (Å²) in [4.78, 5) is 12.6. The number of halogens is 1. The molecule has 0 amide bonds. The van der Waals surface area contributed by atoms with Crippen LogP contribution in [0.3, 0.4) is 0 Å². The molecule has 3 aromatic rings. The highest BCUT2D eigenvalue weighted by atomic mass is 19.1. The van der Waals surface area contributed by atoms with Crippen molar-refractivity contribution in [2.24, 2.45) is 11.8 Å². The van der Waals surface area contributed by atoms with Gasteiger partial charge in [0, 0.05) is 5.56 Å². The minimum atomic E-state index is -0.418. The average molecular weight is 567 g/mol. The van der Waals surface area contributed by atoms with Gasteiger partial charge in [0.1, 0.15) is 11.9 Å². The van der Waals surface area contributed by atoms with Crippen LogP contribution >= 0.6 is 0 Å². The van der Waals surface area contributed by atoms with Gasteiger partial charge in [0.05, 0.1) is 5.56 Å². The van der Waals surface area contributed by atoms with E-state index in [9.17, 15) is 9.18 Å². The molecular formula is C39H47FO2. The first kappa shape index (κ1) is 30.3. The van der Waals surface area contributed by atoms with Gasteiger partial charge in [-0.05, 0) is 110 Å². The van der Waals surface area contributed by atoms with Crippen molar-refractivity contribution in [1.29, 1.82) is 0 Å².